The highest BCUT2D eigenvalue weighted by atomic mass is 16.6. The van der Waals surface area contributed by atoms with Crippen molar-refractivity contribution < 1.29 is 14.6 Å². The van der Waals surface area contributed by atoms with Crippen molar-refractivity contribution in [1.82, 2.24) is 5.32 Å². The lowest BCUT2D eigenvalue weighted by Crippen LogP contribution is -2.40. The number of alkyl carbamates (subject to hydrolysis) is 1. The summed E-state index contributed by atoms with van der Waals surface area (Å²) in [6, 6.07) is -0.281. The second kappa shape index (κ2) is 6.45. The van der Waals surface area contributed by atoms with Crippen molar-refractivity contribution in [1.29, 1.82) is 0 Å². The fourth-order valence-electron chi connectivity index (χ4n) is 0.954. The van der Waals surface area contributed by atoms with Gasteiger partial charge in [0.1, 0.15) is 5.60 Å². The summed E-state index contributed by atoms with van der Waals surface area (Å²) >= 11 is 0. The van der Waals surface area contributed by atoms with Crippen LogP contribution in [0.25, 0.3) is 0 Å². The van der Waals surface area contributed by atoms with Gasteiger partial charge < -0.3 is 15.2 Å². The van der Waals surface area contributed by atoms with E-state index in [-0.39, 0.29) is 12.6 Å². The molecule has 0 radical (unpaired) electrons. The fourth-order valence-corrected chi connectivity index (χ4v) is 0.954. The molecule has 2 N–H and O–H groups in total. The van der Waals surface area contributed by atoms with E-state index in [1.54, 1.807) is 20.8 Å². The number of hydrogen-bond acceptors (Lipinski definition) is 3. The Balaban J connectivity index is 4.01. The summed E-state index contributed by atoms with van der Waals surface area (Å²) < 4.78 is 5.06. The Morgan fingerprint density at radius 3 is 2.53 bits per heavy atom. The van der Waals surface area contributed by atoms with Crippen molar-refractivity contribution in [3.05, 3.63) is 12.2 Å². The molecule has 0 aromatic heterocycles. The van der Waals surface area contributed by atoms with Crippen LogP contribution in [0.3, 0.4) is 0 Å². The molecule has 0 saturated heterocycles. The van der Waals surface area contributed by atoms with Gasteiger partial charge in [-0.15, -0.1) is 0 Å². The SMILES string of the molecule is CC=CCC(CO)NC(=O)OC(C)(C)C. The average molecular weight is 215 g/mol. The molecule has 0 fully saturated rings. The Hall–Kier alpha value is -1.03. The second-order valence-corrected chi connectivity index (χ2v) is 4.33. The van der Waals surface area contributed by atoms with Crippen LogP contribution in [0.1, 0.15) is 34.1 Å². The van der Waals surface area contributed by atoms with Crippen LogP contribution in [0.15, 0.2) is 12.2 Å². The lowest BCUT2D eigenvalue weighted by molar-refractivity contribution is 0.0483. The minimum atomic E-state index is -0.509. The van der Waals surface area contributed by atoms with Crippen LogP contribution in [0, 0.1) is 0 Å². The summed E-state index contributed by atoms with van der Waals surface area (Å²) in [6.45, 7) is 7.19. The van der Waals surface area contributed by atoms with Gasteiger partial charge in [-0.1, -0.05) is 12.2 Å². The minimum absolute atomic E-state index is 0.0937. The number of carbonyl (C=O) groups excluding carboxylic acids is 1. The number of ether oxygens (including phenoxy) is 1. The fraction of sp³-hybridized carbons (Fsp3) is 0.727. The van der Waals surface area contributed by atoms with E-state index in [2.05, 4.69) is 5.32 Å². The van der Waals surface area contributed by atoms with E-state index in [1.807, 2.05) is 19.1 Å². The van der Waals surface area contributed by atoms with E-state index in [9.17, 15) is 4.79 Å². The number of amides is 1. The predicted octanol–water partition coefficient (Wildman–Crippen LogP) is 1.84. The summed E-state index contributed by atoms with van der Waals surface area (Å²) in [5.74, 6) is 0. The first kappa shape index (κ1) is 14.0. The monoisotopic (exact) mass is 215 g/mol. The highest BCUT2D eigenvalue weighted by molar-refractivity contribution is 5.68. The summed E-state index contributed by atoms with van der Waals surface area (Å²) in [4.78, 5) is 11.3. The van der Waals surface area contributed by atoms with E-state index in [0.717, 1.165) is 0 Å². The van der Waals surface area contributed by atoms with E-state index >= 15 is 0 Å². The standard InChI is InChI=1S/C11H21NO3/c1-5-6-7-9(8-13)12-10(14)15-11(2,3)4/h5-6,9,13H,7-8H2,1-4H3,(H,12,14). The summed E-state index contributed by atoms with van der Waals surface area (Å²) in [5.41, 5.74) is -0.509. The van der Waals surface area contributed by atoms with Crippen LogP contribution in [-0.2, 0) is 4.74 Å². The van der Waals surface area contributed by atoms with Gasteiger partial charge in [-0.25, -0.2) is 4.79 Å². The van der Waals surface area contributed by atoms with Gasteiger partial charge in [-0.05, 0) is 34.1 Å². The van der Waals surface area contributed by atoms with Gasteiger partial charge in [0.25, 0.3) is 0 Å². The van der Waals surface area contributed by atoms with Crippen LogP contribution >= 0.6 is 0 Å². The van der Waals surface area contributed by atoms with Gasteiger partial charge in [-0.2, -0.15) is 0 Å². The molecule has 1 amide bonds. The molecule has 1 unspecified atom stereocenters. The van der Waals surface area contributed by atoms with Gasteiger partial charge in [-0.3, -0.25) is 0 Å². The molecule has 0 bridgehead atoms. The molecular formula is C11H21NO3. The third-order valence-electron chi connectivity index (χ3n) is 1.60. The minimum Gasteiger partial charge on any atom is -0.444 e. The topological polar surface area (TPSA) is 58.6 Å². The molecule has 0 spiro atoms. The molecule has 0 rings (SSSR count). The van der Waals surface area contributed by atoms with Crippen molar-refractivity contribution in [2.24, 2.45) is 0 Å². The smallest absolute Gasteiger partial charge is 0.407 e. The molecule has 0 saturated carbocycles. The van der Waals surface area contributed by atoms with E-state index in [0.29, 0.717) is 6.42 Å². The maximum Gasteiger partial charge on any atom is 0.407 e. The van der Waals surface area contributed by atoms with Gasteiger partial charge in [0.15, 0.2) is 0 Å². The van der Waals surface area contributed by atoms with E-state index in [1.165, 1.54) is 0 Å². The highest BCUT2D eigenvalue weighted by Gasteiger charge is 2.18. The third kappa shape index (κ3) is 8.00. The maximum absolute atomic E-state index is 11.3. The van der Waals surface area contributed by atoms with Crippen LogP contribution in [0.2, 0.25) is 0 Å². The van der Waals surface area contributed by atoms with Gasteiger partial charge in [0.2, 0.25) is 0 Å². The van der Waals surface area contributed by atoms with Crippen molar-refractivity contribution in [3.8, 4) is 0 Å². The number of nitrogens with one attached hydrogen (secondary N) is 1. The Kier molecular flexibility index (Phi) is 6.01. The summed E-state index contributed by atoms with van der Waals surface area (Å²) in [6.07, 6.45) is 3.87. The quantitative estimate of drug-likeness (QED) is 0.703. The first-order valence-corrected chi connectivity index (χ1v) is 5.10. The zero-order chi connectivity index (χ0) is 11.9. The lowest BCUT2D eigenvalue weighted by Gasteiger charge is -2.22. The number of aliphatic hydroxyl groups is 1. The van der Waals surface area contributed by atoms with Gasteiger partial charge in [0.05, 0.1) is 12.6 Å². The zero-order valence-corrected chi connectivity index (χ0v) is 9.91. The first-order valence-electron chi connectivity index (χ1n) is 5.10. The zero-order valence-electron chi connectivity index (χ0n) is 9.91. The molecule has 0 aliphatic carbocycles. The Morgan fingerprint density at radius 2 is 2.13 bits per heavy atom. The number of rotatable bonds is 4. The molecule has 0 aromatic carbocycles. The van der Waals surface area contributed by atoms with Crippen LogP contribution in [-0.4, -0.2) is 29.4 Å². The molecule has 88 valence electrons. The van der Waals surface area contributed by atoms with E-state index in [4.69, 9.17) is 9.84 Å². The Morgan fingerprint density at radius 1 is 1.53 bits per heavy atom. The number of aliphatic hydroxyl groups excluding tert-OH is 1. The van der Waals surface area contributed by atoms with Crippen molar-refractivity contribution >= 4 is 6.09 Å². The Bertz CT molecular complexity index is 218. The first-order chi connectivity index (χ1) is 6.89. The largest absolute Gasteiger partial charge is 0.444 e. The van der Waals surface area contributed by atoms with Crippen LogP contribution in [0.5, 0.6) is 0 Å². The number of allylic oxidation sites excluding steroid dienone is 1. The maximum atomic E-state index is 11.3. The molecule has 0 aromatic rings. The molecule has 4 heteroatoms. The number of hydrogen-bond donors (Lipinski definition) is 2. The summed E-state index contributed by atoms with van der Waals surface area (Å²) in [7, 11) is 0. The molecular weight excluding hydrogens is 194 g/mol. The van der Waals surface area contributed by atoms with E-state index < -0.39 is 11.7 Å². The molecule has 0 aliphatic rings. The van der Waals surface area contributed by atoms with Gasteiger partial charge in [0, 0.05) is 0 Å². The van der Waals surface area contributed by atoms with Crippen molar-refractivity contribution in [3.63, 3.8) is 0 Å². The van der Waals surface area contributed by atoms with Crippen molar-refractivity contribution in [2.75, 3.05) is 6.61 Å². The molecule has 15 heavy (non-hydrogen) atoms. The van der Waals surface area contributed by atoms with Crippen LogP contribution in [0.4, 0.5) is 4.79 Å². The predicted molar refractivity (Wildman–Crippen MR) is 59.7 cm³/mol. The Labute approximate surface area is 91.3 Å². The summed E-state index contributed by atoms with van der Waals surface area (Å²) in [5, 5.41) is 11.6. The van der Waals surface area contributed by atoms with Gasteiger partial charge >= 0.3 is 6.09 Å². The molecule has 4 nitrogen and oxygen atoms in total. The van der Waals surface area contributed by atoms with Crippen molar-refractivity contribution in [2.45, 2.75) is 45.8 Å². The molecule has 0 aliphatic heterocycles. The average Bonchev–Trinajstić information content (AvgIpc) is 2.09. The second-order valence-electron chi connectivity index (χ2n) is 4.33. The highest BCUT2D eigenvalue weighted by Crippen LogP contribution is 2.07. The van der Waals surface area contributed by atoms with Crippen LogP contribution < -0.4 is 5.32 Å². The number of carbonyl (C=O) groups is 1. The third-order valence-corrected chi connectivity index (χ3v) is 1.60. The normalized spacial score (nSPS) is 13.9. The molecule has 0 heterocycles. The molecule has 1 atom stereocenters. The lowest BCUT2D eigenvalue weighted by atomic mass is 10.2.